The van der Waals surface area contributed by atoms with E-state index < -0.39 is 5.56 Å². The topological polar surface area (TPSA) is 123 Å². The first kappa shape index (κ1) is 20.6. The first-order valence-electron chi connectivity index (χ1n) is 9.69. The zero-order valence-corrected chi connectivity index (χ0v) is 18.2. The summed E-state index contributed by atoms with van der Waals surface area (Å²) < 4.78 is 18.7. The summed E-state index contributed by atoms with van der Waals surface area (Å²) in [5.41, 5.74) is 1.29. The highest BCUT2D eigenvalue weighted by atomic mass is 35.5. The highest BCUT2D eigenvalue weighted by Crippen LogP contribution is 2.31. The molecule has 0 aliphatic carbocycles. The van der Waals surface area contributed by atoms with E-state index in [1.807, 2.05) is 0 Å². The Balaban J connectivity index is 1.46. The van der Waals surface area contributed by atoms with Crippen LogP contribution in [0.5, 0.6) is 11.5 Å². The standard InChI is InChI=1S/C21H16ClN7O4/c1-31-14-6-7-15(16(9-14)32-2)19-24-17(33-26-19)10-28-11-23-20-18(21(28)30)25-27-29(20)13-5-3-4-12(22)8-13/h3-9,11H,10H2,1-2H3. The van der Waals surface area contributed by atoms with E-state index in [-0.39, 0.29) is 18.0 Å². The van der Waals surface area contributed by atoms with Gasteiger partial charge in [0.15, 0.2) is 11.2 Å². The molecule has 0 N–H and O–H groups in total. The van der Waals surface area contributed by atoms with Crippen LogP contribution in [0.3, 0.4) is 0 Å². The van der Waals surface area contributed by atoms with Crippen LogP contribution in [0.15, 0.2) is 58.1 Å². The van der Waals surface area contributed by atoms with Crippen LogP contribution in [0, 0.1) is 0 Å². The maximum absolute atomic E-state index is 12.9. The lowest BCUT2D eigenvalue weighted by Gasteiger charge is -2.07. The van der Waals surface area contributed by atoms with Gasteiger partial charge in [0.05, 0.1) is 25.5 Å². The van der Waals surface area contributed by atoms with Crippen LogP contribution >= 0.6 is 11.6 Å². The molecule has 0 aliphatic rings. The summed E-state index contributed by atoms with van der Waals surface area (Å²) in [6.45, 7) is 0.0112. The van der Waals surface area contributed by atoms with Crippen LogP contribution in [0.25, 0.3) is 28.2 Å². The lowest BCUT2D eigenvalue weighted by molar-refractivity contribution is 0.369. The third kappa shape index (κ3) is 3.78. The van der Waals surface area contributed by atoms with Gasteiger partial charge in [0.1, 0.15) is 24.4 Å². The van der Waals surface area contributed by atoms with Gasteiger partial charge in [0, 0.05) is 11.1 Å². The van der Waals surface area contributed by atoms with Gasteiger partial charge in [-0.3, -0.25) is 9.36 Å². The largest absolute Gasteiger partial charge is 0.497 e. The first-order chi connectivity index (χ1) is 16.1. The quantitative estimate of drug-likeness (QED) is 0.372. The number of aromatic nitrogens is 7. The highest BCUT2D eigenvalue weighted by Gasteiger charge is 2.17. The Morgan fingerprint density at radius 1 is 1.12 bits per heavy atom. The Morgan fingerprint density at radius 2 is 2.00 bits per heavy atom. The van der Waals surface area contributed by atoms with E-state index >= 15 is 0 Å². The van der Waals surface area contributed by atoms with Gasteiger partial charge in [-0.2, -0.15) is 9.67 Å². The van der Waals surface area contributed by atoms with E-state index in [0.29, 0.717) is 39.2 Å². The number of fused-ring (bicyclic) bond motifs is 1. The smallest absolute Gasteiger partial charge is 0.284 e. The predicted octanol–water partition coefficient (Wildman–Crippen LogP) is 2.75. The molecule has 0 saturated carbocycles. The molecule has 12 heteroatoms. The maximum Gasteiger partial charge on any atom is 0.284 e. The van der Waals surface area contributed by atoms with E-state index in [0.717, 1.165) is 0 Å². The number of nitrogens with zero attached hydrogens (tertiary/aromatic N) is 7. The van der Waals surface area contributed by atoms with Gasteiger partial charge in [-0.25, -0.2) is 4.98 Å². The third-order valence-electron chi connectivity index (χ3n) is 4.91. The van der Waals surface area contributed by atoms with Crippen molar-refractivity contribution < 1.29 is 14.0 Å². The zero-order valence-electron chi connectivity index (χ0n) is 17.5. The molecule has 0 spiro atoms. The molecule has 0 saturated heterocycles. The average Bonchev–Trinajstić information content (AvgIpc) is 3.48. The molecule has 0 bridgehead atoms. The normalized spacial score (nSPS) is 11.1. The minimum Gasteiger partial charge on any atom is -0.497 e. The summed E-state index contributed by atoms with van der Waals surface area (Å²) in [5.74, 6) is 1.70. The Hall–Kier alpha value is -4.25. The highest BCUT2D eigenvalue weighted by molar-refractivity contribution is 6.30. The van der Waals surface area contributed by atoms with E-state index in [2.05, 4.69) is 25.4 Å². The molecule has 0 fully saturated rings. The number of methoxy groups -OCH3 is 2. The van der Waals surface area contributed by atoms with Crippen LogP contribution in [0.1, 0.15) is 5.89 Å². The van der Waals surface area contributed by atoms with Crippen molar-refractivity contribution >= 4 is 22.8 Å². The van der Waals surface area contributed by atoms with Crippen molar-refractivity contribution in [2.24, 2.45) is 0 Å². The predicted molar refractivity (Wildman–Crippen MR) is 118 cm³/mol. The molecular weight excluding hydrogens is 450 g/mol. The molecule has 33 heavy (non-hydrogen) atoms. The summed E-state index contributed by atoms with van der Waals surface area (Å²) >= 11 is 6.05. The van der Waals surface area contributed by atoms with Gasteiger partial charge >= 0.3 is 0 Å². The summed E-state index contributed by atoms with van der Waals surface area (Å²) in [6.07, 6.45) is 1.38. The number of benzene rings is 2. The Labute approximate surface area is 191 Å². The Morgan fingerprint density at radius 3 is 2.79 bits per heavy atom. The second-order valence-electron chi connectivity index (χ2n) is 6.91. The molecule has 0 aliphatic heterocycles. The number of hydrogen-bond donors (Lipinski definition) is 0. The number of hydrogen-bond acceptors (Lipinski definition) is 9. The Bertz CT molecular complexity index is 1520. The monoisotopic (exact) mass is 465 g/mol. The Kier molecular flexibility index (Phi) is 5.23. The van der Waals surface area contributed by atoms with Gasteiger partial charge in [0.25, 0.3) is 5.56 Å². The summed E-state index contributed by atoms with van der Waals surface area (Å²) in [5, 5.41) is 12.6. The number of rotatable bonds is 6. The van der Waals surface area contributed by atoms with Crippen LogP contribution in [-0.2, 0) is 6.54 Å². The molecule has 0 atom stereocenters. The molecule has 11 nitrogen and oxygen atoms in total. The molecule has 5 aromatic rings. The van der Waals surface area contributed by atoms with Crippen molar-refractivity contribution in [1.29, 1.82) is 0 Å². The van der Waals surface area contributed by atoms with E-state index in [9.17, 15) is 4.79 Å². The van der Waals surface area contributed by atoms with Gasteiger partial charge < -0.3 is 14.0 Å². The summed E-state index contributed by atoms with van der Waals surface area (Å²) in [7, 11) is 3.10. The fourth-order valence-electron chi connectivity index (χ4n) is 3.30. The summed E-state index contributed by atoms with van der Waals surface area (Å²) in [6, 6.07) is 12.3. The van der Waals surface area contributed by atoms with E-state index in [1.54, 1.807) is 49.6 Å². The maximum atomic E-state index is 12.9. The molecule has 3 aromatic heterocycles. The van der Waals surface area contributed by atoms with Crippen molar-refractivity contribution in [3.8, 4) is 28.6 Å². The molecule has 2 aromatic carbocycles. The second-order valence-corrected chi connectivity index (χ2v) is 7.35. The molecular formula is C21H16ClN7O4. The second kappa shape index (κ2) is 8.36. The molecule has 166 valence electrons. The molecule has 5 rings (SSSR count). The van der Waals surface area contributed by atoms with Crippen LogP contribution < -0.4 is 15.0 Å². The van der Waals surface area contributed by atoms with Crippen LogP contribution in [-0.4, -0.2) is 48.9 Å². The average molecular weight is 466 g/mol. The fourth-order valence-corrected chi connectivity index (χ4v) is 3.48. The SMILES string of the molecule is COc1ccc(-c2noc(Cn3cnc4c(nnn4-c4cccc(Cl)c4)c3=O)n2)c(OC)c1. The summed E-state index contributed by atoms with van der Waals surface area (Å²) in [4.78, 5) is 21.7. The molecule has 0 radical (unpaired) electrons. The van der Waals surface area contributed by atoms with Gasteiger partial charge in [-0.05, 0) is 30.3 Å². The van der Waals surface area contributed by atoms with Gasteiger partial charge in [0.2, 0.25) is 11.7 Å². The molecule has 3 heterocycles. The van der Waals surface area contributed by atoms with Gasteiger partial charge in [-0.15, -0.1) is 5.10 Å². The van der Waals surface area contributed by atoms with E-state index in [4.69, 9.17) is 25.6 Å². The minimum absolute atomic E-state index is 0.0112. The fraction of sp³-hybridized carbons (Fsp3) is 0.143. The van der Waals surface area contributed by atoms with Crippen LogP contribution in [0.4, 0.5) is 0 Å². The van der Waals surface area contributed by atoms with Crippen molar-refractivity contribution in [1.82, 2.24) is 34.7 Å². The number of ether oxygens (including phenoxy) is 2. The lowest BCUT2D eigenvalue weighted by atomic mass is 10.2. The van der Waals surface area contributed by atoms with Crippen molar-refractivity contribution in [3.63, 3.8) is 0 Å². The lowest BCUT2D eigenvalue weighted by Crippen LogP contribution is -2.21. The van der Waals surface area contributed by atoms with E-state index in [1.165, 1.54) is 22.7 Å². The minimum atomic E-state index is -0.393. The van der Waals surface area contributed by atoms with Crippen molar-refractivity contribution in [2.45, 2.75) is 6.54 Å². The van der Waals surface area contributed by atoms with Crippen LogP contribution in [0.2, 0.25) is 5.02 Å². The number of halogens is 1. The van der Waals surface area contributed by atoms with Crippen molar-refractivity contribution in [3.05, 3.63) is 70.1 Å². The first-order valence-corrected chi connectivity index (χ1v) is 10.1. The van der Waals surface area contributed by atoms with Gasteiger partial charge in [-0.1, -0.05) is 28.0 Å². The molecule has 0 amide bonds. The zero-order chi connectivity index (χ0) is 22.9. The van der Waals surface area contributed by atoms with Crippen molar-refractivity contribution in [2.75, 3.05) is 14.2 Å². The third-order valence-corrected chi connectivity index (χ3v) is 5.14. The molecule has 0 unspecified atom stereocenters.